The topological polar surface area (TPSA) is 34.4 Å². The number of aromatic nitrogens is 1. The second kappa shape index (κ2) is 9.68. The van der Waals surface area contributed by atoms with Gasteiger partial charge in [0.05, 0.1) is 5.69 Å². The van der Waals surface area contributed by atoms with Crippen molar-refractivity contribution in [1.29, 1.82) is 0 Å². The molecule has 2 rings (SSSR count). The SMILES string of the molecule is CCCCC(CCC)C(C)=Nc1ccc(-c2cc(C)c(=O)n(C)c2)cc1C. The van der Waals surface area contributed by atoms with Crippen LogP contribution in [0.15, 0.2) is 40.2 Å². The summed E-state index contributed by atoms with van der Waals surface area (Å²) >= 11 is 0. The van der Waals surface area contributed by atoms with Crippen molar-refractivity contribution < 1.29 is 0 Å². The van der Waals surface area contributed by atoms with E-state index in [1.807, 2.05) is 19.2 Å². The molecule has 3 heteroatoms. The van der Waals surface area contributed by atoms with Crippen molar-refractivity contribution >= 4 is 11.4 Å². The number of aryl methyl sites for hydroxylation is 3. The van der Waals surface area contributed by atoms with E-state index in [0.717, 1.165) is 22.4 Å². The molecule has 0 aliphatic carbocycles. The van der Waals surface area contributed by atoms with Crippen LogP contribution in [-0.2, 0) is 7.05 Å². The fourth-order valence-electron chi connectivity index (χ4n) is 3.64. The van der Waals surface area contributed by atoms with Crippen molar-refractivity contribution in [3.8, 4) is 11.1 Å². The zero-order chi connectivity index (χ0) is 20.0. The van der Waals surface area contributed by atoms with E-state index in [1.54, 1.807) is 11.6 Å². The molecule has 27 heavy (non-hydrogen) atoms. The number of hydrogen-bond donors (Lipinski definition) is 0. The third-order valence-electron chi connectivity index (χ3n) is 5.32. The number of hydrogen-bond acceptors (Lipinski definition) is 2. The highest BCUT2D eigenvalue weighted by Crippen LogP contribution is 2.28. The fourth-order valence-corrected chi connectivity index (χ4v) is 3.64. The molecule has 0 aliphatic rings. The van der Waals surface area contributed by atoms with Crippen LogP contribution >= 0.6 is 0 Å². The maximum atomic E-state index is 11.9. The van der Waals surface area contributed by atoms with E-state index in [1.165, 1.54) is 43.4 Å². The van der Waals surface area contributed by atoms with Gasteiger partial charge in [-0.05, 0) is 74.4 Å². The molecule has 0 aliphatic heterocycles. The zero-order valence-electron chi connectivity index (χ0n) is 17.8. The first kappa shape index (κ1) is 21.1. The van der Waals surface area contributed by atoms with Gasteiger partial charge in [-0.15, -0.1) is 0 Å². The van der Waals surface area contributed by atoms with Crippen LogP contribution in [0.25, 0.3) is 11.1 Å². The van der Waals surface area contributed by atoms with Crippen LogP contribution in [0.3, 0.4) is 0 Å². The zero-order valence-corrected chi connectivity index (χ0v) is 17.8. The van der Waals surface area contributed by atoms with E-state index in [4.69, 9.17) is 4.99 Å². The molecule has 1 atom stereocenters. The van der Waals surface area contributed by atoms with Gasteiger partial charge >= 0.3 is 0 Å². The van der Waals surface area contributed by atoms with Crippen molar-refractivity contribution in [2.75, 3.05) is 0 Å². The summed E-state index contributed by atoms with van der Waals surface area (Å²) in [5.41, 5.74) is 6.49. The number of nitrogens with zero attached hydrogens (tertiary/aromatic N) is 2. The minimum atomic E-state index is 0.0568. The van der Waals surface area contributed by atoms with Gasteiger partial charge in [0, 0.05) is 24.5 Å². The van der Waals surface area contributed by atoms with E-state index in [2.05, 4.69) is 45.9 Å². The third-order valence-corrected chi connectivity index (χ3v) is 5.32. The average Bonchev–Trinajstić information content (AvgIpc) is 2.64. The first-order valence-corrected chi connectivity index (χ1v) is 10.2. The molecule has 0 saturated carbocycles. The average molecular weight is 367 g/mol. The van der Waals surface area contributed by atoms with Gasteiger partial charge < -0.3 is 4.57 Å². The lowest BCUT2D eigenvalue weighted by Gasteiger charge is -2.16. The Morgan fingerprint density at radius 2 is 1.74 bits per heavy atom. The minimum Gasteiger partial charge on any atom is -0.318 e. The van der Waals surface area contributed by atoms with E-state index < -0.39 is 0 Å². The van der Waals surface area contributed by atoms with E-state index in [9.17, 15) is 4.79 Å². The molecular formula is C24H34N2O. The molecule has 1 unspecified atom stereocenters. The van der Waals surface area contributed by atoms with Crippen molar-refractivity contribution in [1.82, 2.24) is 4.57 Å². The Hall–Kier alpha value is -2.16. The molecule has 0 N–H and O–H groups in total. The molecule has 0 spiro atoms. The number of unbranched alkanes of at least 4 members (excludes halogenated alkanes) is 1. The number of pyridine rings is 1. The van der Waals surface area contributed by atoms with Gasteiger partial charge in [-0.2, -0.15) is 0 Å². The quantitative estimate of drug-likeness (QED) is 0.500. The smallest absolute Gasteiger partial charge is 0.253 e. The molecule has 0 amide bonds. The Kier molecular flexibility index (Phi) is 7.58. The van der Waals surface area contributed by atoms with E-state index in [0.29, 0.717) is 5.92 Å². The van der Waals surface area contributed by atoms with Crippen LogP contribution in [-0.4, -0.2) is 10.3 Å². The van der Waals surface area contributed by atoms with Gasteiger partial charge in [0.25, 0.3) is 5.56 Å². The summed E-state index contributed by atoms with van der Waals surface area (Å²) in [4.78, 5) is 16.9. The molecule has 2 aromatic rings. The molecule has 3 nitrogen and oxygen atoms in total. The monoisotopic (exact) mass is 366 g/mol. The predicted molar refractivity (Wildman–Crippen MR) is 117 cm³/mol. The van der Waals surface area contributed by atoms with Crippen molar-refractivity contribution in [2.45, 2.75) is 66.7 Å². The Balaban J connectivity index is 2.32. The van der Waals surface area contributed by atoms with E-state index >= 15 is 0 Å². The maximum absolute atomic E-state index is 11.9. The summed E-state index contributed by atoms with van der Waals surface area (Å²) in [6.07, 6.45) is 8.05. The summed E-state index contributed by atoms with van der Waals surface area (Å²) in [5, 5.41) is 0. The summed E-state index contributed by atoms with van der Waals surface area (Å²) in [5.74, 6) is 0.584. The largest absolute Gasteiger partial charge is 0.318 e. The molecule has 0 saturated heterocycles. The predicted octanol–water partition coefficient (Wildman–Crippen LogP) is 6.37. The second-order valence-electron chi connectivity index (χ2n) is 7.71. The number of aliphatic imine (C=N–C) groups is 1. The van der Waals surface area contributed by atoms with Gasteiger partial charge in [-0.1, -0.05) is 39.2 Å². The van der Waals surface area contributed by atoms with Gasteiger partial charge in [0.1, 0.15) is 0 Å². The lowest BCUT2D eigenvalue weighted by Crippen LogP contribution is -2.18. The first-order valence-electron chi connectivity index (χ1n) is 10.2. The van der Waals surface area contributed by atoms with Crippen LogP contribution in [0.4, 0.5) is 5.69 Å². The third kappa shape index (κ3) is 5.41. The van der Waals surface area contributed by atoms with Crippen LogP contribution in [0.5, 0.6) is 0 Å². The number of benzene rings is 1. The minimum absolute atomic E-state index is 0.0568. The first-order chi connectivity index (χ1) is 12.9. The molecule has 146 valence electrons. The summed E-state index contributed by atoms with van der Waals surface area (Å²) in [7, 11) is 1.80. The van der Waals surface area contributed by atoms with Crippen LogP contribution in [0, 0.1) is 19.8 Å². The van der Waals surface area contributed by atoms with Crippen molar-refractivity contribution in [3.63, 3.8) is 0 Å². The molecule has 0 bridgehead atoms. The molecule has 1 aromatic carbocycles. The molecule has 0 fully saturated rings. The van der Waals surface area contributed by atoms with Crippen molar-refractivity contribution in [3.05, 3.63) is 51.9 Å². The number of rotatable bonds is 8. The van der Waals surface area contributed by atoms with Crippen LogP contribution in [0.1, 0.15) is 64.0 Å². The molecule has 1 aromatic heterocycles. The summed E-state index contributed by atoms with van der Waals surface area (Å²) in [6.45, 7) is 10.7. The summed E-state index contributed by atoms with van der Waals surface area (Å²) < 4.78 is 1.65. The van der Waals surface area contributed by atoms with Crippen LogP contribution in [0.2, 0.25) is 0 Å². The maximum Gasteiger partial charge on any atom is 0.253 e. The second-order valence-corrected chi connectivity index (χ2v) is 7.71. The highest BCUT2D eigenvalue weighted by Gasteiger charge is 2.12. The highest BCUT2D eigenvalue weighted by atomic mass is 16.1. The van der Waals surface area contributed by atoms with Gasteiger partial charge in [-0.25, -0.2) is 0 Å². The normalized spacial score (nSPS) is 13.0. The van der Waals surface area contributed by atoms with Gasteiger partial charge in [0.2, 0.25) is 0 Å². The summed E-state index contributed by atoms with van der Waals surface area (Å²) in [6, 6.07) is 8.36. The lowest BCUT2D eigenvalue weighted by molar-refractivity contribution is 0.537. The Labute approximate surface area is 164 Å². The standard InChI is InChI=1S/C24H34N2O/c1-7-9-11-20(10-8-2)19(5)25-23-13-12-21(14-17(23)3)22-15-18(4)24(27)26(6)16-22/h12-16,20H,7-11H2,1-6H3. The molecule has 1 heterocycles. The molecular weight excluding hydrogens is 332 g/mol. The van der Waals surface area contributed by atoms with E-state index in [-0.39, 0.29) is 5.56 Å². The van der Waals surface area contributed by atoms with Gasteiger partial charge in [0.15, 0.2) is 0 Å². The fraction of sp³-hybridized carbons (Fsp3) is 0.500. The Morgan fingerprint density at radius 3 is 2.33 bits per heavy atom. The highest BCUT2D eigenvalue weighted by molar-refractivity contribution is 5.87. The van der Waals surface area contributed by atoms with Crippen LogP contribution < -0.4 is 5.56 Å². The molecule has 0 radical (unpaired) electrons. The van der Waals surface area contributed by atoms with Gasteiger partial charge in [-0.3, -0.25) is 9.79 Å². The lowest BCUT2D eigenvalue weighted by atomic mass is 9.93. The Bertz CT molecular complexity index is 835. The van der Waals surface area contributed by atoms with Crippen molar-refractivity contribution in [2.24, 2.45) is 18.0 Å². The Morgan fingerprint density at radius 1 is 1.04 bits per heavy atom.